The second kappa shape index (κ2) is 2.40. The van der Waals surface area contributed by atoms with Crippen molar-refractivity contribution in [2.45, 2.75) is 18.2 Å². The molecule has 0 bridgehead atoms. The van der Waals surface area contributed by atoms with Gasteiger partial charge in [0.1, 0.15) is 12.7 Å². The van der Waals surface area contributed by atoms with Gasteiger partial charge in [-0.25, -0.2) is 0 Å². The van der Waals surface area contributed by atoms with Gasteiger partial charge in [0.05, 0.1) is 13.2 Å². The predicted molar refractivity (Wildman–Crippen MR) is 32.6 cm³/mol. The van der Waals surface area contributed by atoms with Crippen molar-refractivity contribution in [1.82, 2.24) is 0 Å². The highest BCUT2D eigenvalue weighted by atomic mass is 17.0. The lowest BCUT2D eigenvalue weighted by Crippen LogP contribution is -2.22. The molecule has 0 amide bonds. The first kappa shape index (κ1) is 7.45. The molecular weight excluding hydrogens is 152 g/mol. The monoisotopic (exact) mass is 162 g/mol. The van der Waals surface area contributed by atoms with E-state index in [1.54, 1.807) is 0 Å². The van der Waals surface area contributed by atoms with Gasteiger partial charge in [0.15, 0.2) is 0 Å². The number of rotatable bonds is 5. The summed E-state index contributed by atoms with van der Waals surface area (Å²) in [6, 6.07) is 0. The minimum absolute atomic E-state index is 0.0613. The fraction of sp³-hybridized carbons (Fsp3) is 1.00. The molecule has 0 aromatic rings. The standard InChI is InChI=1S/C6H10O5/c7-1-4(8)2-9-3-6-5(10-6)11-6/h4-5,7-8H,1-3H2. The Bertz CT molecular complexity index is 153. The van der Waals surface area contributed by atoms with E-state index in [0.29, 0.717) is 6.61 Å². The van der Waals surface area contributed by atoms with Gasteiger partial charge in [-0.3, -0.25) is 0 Å². The van der Waals surface area contributed by atoms with Crippen molar-refractivity contribution >= 4 is 0 Å². The highest BCUT2D eigenvalue weighted by Crippen LogP contribution is 2.55. The molecule has 2 fully saturated rings. The molecule has 2 rings (SSSR count). The molecule has 5 heteroatoms. The molecule has 1 atom stereocenters. The largest absolute Gasteiger partial charge is 0.394 e. The zero-order chi connectivity index (χ0) is 7.90. The molecule has 0 saturated carbocycles. The Labute approximate surface area is 63.5 Å². The summed E-state index contributed by atoms with van der Waals surface area (Å²) in [5.41, 5.74) is 0. The number of hydrogen-bond acceptors (Lipinski definition) is 5. The Balaban J connectivity index is 1.54. The highest BCUT2D eigenvalue weighted by Gasteiger charge is 2.77. The molecule has 11 heavy (non-hydrogen) atoms. The first-order valence-corrected chi connectivity index (χ1v) is 3.49. The molecule has 2 heterocycles. The van der Waals surface area contributed by atoms with Crippen LogP contribution in [0.3, 0.4) is 0 Å². The van der Waals surface area contributed by atoms with Crippen LogP contribution < -0.4 is 0 Å². The molecule has 0 aromatic heterocycles. The lowest BCUT2D eigenvalue weighted by molar-refractivity contribution is -0.0972. The fourth-order valence-electron chi connectivity index (χ4n) is 0.829. The molecule has 2 aliphatic rings. The maximum absolute atomic E-state index is 8.83. The van der Waals surface area contributed by atoms with Crippen molar-refractivity contribution in [3.05, 3.63) is 0 Å². The van der Waals surface area contributed by atoms with Crippen molar-refractivity contribution in [3.63, 3.8) is 0 Å². The van der Waals surface area contributed by atoms with Crippen molar-refractivity contribution in [2.24, 2.45) is 0 Å². The summed E-state index contributed by atoms with van der Waals surface area (Å²) in [5, 5.41) is 17.2. The molecule has 0 radical (unpaired) electrons. The van der Waals surface area contributed by atoms with Crippen molar-refractivity contribution in [2.75, 3.05) is 19.8 Å². The van der Waals surface area contributed by atoms with Gasteiger partial charge in [-0.1, -0.05) is 0 Å². The highest BCUT2D eigenvalue weighted by molar-refractivity contribution is 5.02. The maximum Gasteiger partial charge on any atom is 0.249 e. The molecule has 2 aliphatic heterocycles. The molecule has 2 N–H and O–H groups in total. The quantitative estimate of drug-likeness (QED) is 0.478. The normalized spacial score (nSPS) is 41.5. The number of hydrogen-bond donors (Lipinski definition) is 2. The molecule has 0 aliphatic carbocycles. The van der Waals surface area contributed by atoms with E-state index in [-0.39, 0.29) is 19.5 Å². The van der Waals surface area contributed by atoms with Crippen LogP contribution in [0.15, 0.2) is 0 Å². The van der Waals surface area contributed by atoms with Crippen LogP contribution >= 0.6 is 0 Å². The van der Waals surface area contributed by atoms with Gasteiger partial charge in [-0.05, 0) is 0 Å². The van der Waals surface area contributed by atoms with Crippen LogP contribution in [0.1, 0.15) is 0 Å². The van der Waals surface area contributed by atoms with Gasteiger partial charge < -0.3 is 24.4 Å². The summed E-state index contributed by atoms with van der Waals surface area (Å²) in [6.45, 7) is 0.185. The number of fused-ring (bicyclic) bond motifs is 1. The number of ether oxygens (including phenoxy) is 3. The lowest BCUT2D eigenvalue weighted by Gasteiger charge is -2.07. The van der Waals surface area contributed by atoms with Crippen molar-refractivity contribution in [1.29, 1.82) is 0 Å². The van der Waals surface area contributed by atoms with Crippen LogP contribution in [-0.4, -0.2) is 48.2 Å². The smallest absolute Gasteiger partial charge is 0.249 e. The van der Waals surface area contributed by atoms with Gasteiger partial charge in [-0.2, -0.15) is 0 Å². The summed E-state index contributed by atoms with van der Waals surface area (Å²) < 4.78 is 14.8. The number of epoxide rings is 2. The molecule has 64 valence electrons. The van der Waals surface area contributed by atoms with Gasteiger partial charge in [-0.15, -0.1) is 0 Å². The van der Waals surface area contributed by atoms with Crippen LogP contribution in [-0.2, 0) is 14.2 Å². The Kier molecular flexibility index (Phi) is 1.62. The van der Waals surface area contributed by atoms with E-state index in [0.717, 1.165) is 0 Å². The second-order valence-electron chi connectivity index (χ2n) is 2.73. The zero-order valence-electron chi connectivity index (χ0n) is 5.90. The van der Waals surface area contributed by atoms with Gasteiger partial charge in [0.25, 0.3) is 0 Å². The van der Waals surface area contributed by atoms with Gasteiger partial charge in [0, 0.05) is 0 Å². The van der Waals surface area contributed by atoms with E-state index in [4.69, 9.17) is 24.4 Å². The SMILES string of the molecule is OCC(O)COCC12OC1O2. The molecule has 0 spiro atoms. The summed E-state index contributed by atoms with van der Waals surface area (Å²) in [6.07, 6.45) is -0.865. The van der Waals surface area contributed by atoms with E-state index < -0.39 is 11.9 Å². The van der Waals surface area contributed by atoms with Crippen LogP contribution in [0.4, 0.5) is 0 Å². The van der Waals surface area contributed by atoms with E-state index in [1.807, 2.05) is 0 Å². The number of aliphatic hydroxyl groups excluding tert-OH is 2. The van der Waals surface area contributed by atoms with Gasteiger partial charge >= 0.3 is 0 Å². The Hall–Kier alpha value is -0.200. The second-order valence-corrected chi connectivity index (χ2v) is 2.73. The van der Waals surface area contributed by atoms with Gasteiger partial charge in [0.2, 0.25) is 12.1 Å². The van der Waals surface area contributed by atoms with E-state index >= 15 is 0 Å². The first-order chi connectivity index (χ1) is 5.27. The average Bonchev–Trinajstić information content (AvgIpc) is 2.75. The minimum Gasteiger partial charge on any atom is -0.394 e. The first-order valence-electron chi connectivity index (χ1n) is 3.49. The van der Waals surface area contributed by atoms with Crippen LogP contribution in [0.5, 0.6) is 0 Å². The third-order valence-electron chi connectivity index (χ3n) is 1.68. The predicted octanol–water partition coefficient (Wildman–Crippen LogP) is -1.56. The van der Waals surface area contributed by atoms with E-state index in [1.165, 1.54) is 0 Å². The molecular formula is C6H10O5. The summed E-state index contributed by atoms with van der Waals surface area (Å²) in [4.78, 5) is 0. The van der Waals surface area contributed by atoms with Crippen molar-refractivity contribution in [3.8, 4) is 0 Å². The maximum atomic E-state index is 8.83. The van der Waals surface area contributed by atoms with Crippen LogP contribution in [0.2, 0.25) is 0 Å². The summed E-state index contributed by atoms with van der Waals surface area (Å²) in [5.74, 6) is -0.463. The Morgan fingerprint density at radius 1 is 1.55 bits per heavy atom. The minimum atomic E-state index is -0.803. The Morgan fingerprint density at radius 2 is 2.18 bits per heavy atom. The number of aliphatic hydroxyl groups is 2. The summed E-state index contributed by atoms with van der Waals surface area (Å²) >= 11 is 0. The van der Waals surface area contributed by atoms with Crippen LogP contribution in [0, 0.1) is 0 Å². The van der Waals surface area contributed by atoms with Crippen LogP contribution in [0.25, 0.3) is 0 Å². The zero-order valence-corrected chi connectivity index (χ0v) is 5.90. The fourth-order valence-corrected chi connectivity index (χ4v) is 0.829. The third kappa shape index (κ3) is 1.38. The molecule has 0 aromatic carbocycles. The molecule has 2 saturated heterocycles. The lowest BCUT2D eigenvalue weighted by atomic mass is 10.4. The molecule has 1 unspecified atom stereocenters. The van der Waals surface area contributed by atoms with Crippen molar-refractivity contribution < 1.29 is 24.4 Å². The third-order valence-corrected chi connectivity index (χ3v) is 1.68. The van der Waals surface area contributed by atoms with E-state index in [9.17, 15) is 0 Å². The Morgan fingerprint density at radius 3 is 2.64 bits per heavy atom. The van der Waals surface area contributed by atoms with E-state index in [2.05, 4.69) is 0 Å². The topological polar surface area (TPSA) is 74.8 Å². The average molecular weight is 162 g/mol. The summed E-state index contributed by atoms with van der Waals surface area (Å²) in [7, 11) is 0. The molecule has 5 nitrogen and oxygen atoms in total.